The maximum Gasteiger partial charge on any atom is 0.0653 e. The van der Waals surface area contributed by atoms with Crippen LogP contribution in [0.15, 0.2) is 48.7 Å². The highest BCUT2D eigenvalue weighted by molar-refractivity contribution is 6.30. The van der Waals surface area contributed by atoms with Crippen LogP contribution in [0.2, 0.25) is 5.02 Å². The van der Waals surface area contributed by atoms with E-state index in [1.54, 1.807) is 0 Å². The lowest BCUT2D eigenvalue weighted by Crippen LogP contribution is -2.42. The van der Waals surface area contributed by atoms with Gasteiger partial charge in [0, 0.05) is 42.6 Å². The molecule has 1 unspecified atom stereocenters. The predicted molar refractivity (Wildman–Crippen MR) is 104 cm³/mol. The van der Waals surface area contributed by atoms with Crippen LogP contribution in [0.5, 0.6) is 0 Å². The number of nitrogens with one attached hydrogen (secondary N) is 2. The van der Waals surface area contributed by atoms with E-state index in [4.69, 9.17) is 16.3 Å². The van der Waals surface area contributed by atoms with Crippen LogP contribution in [0.25, 0.3) is 10.9 Å². The van der Waals surface area contributed by atoms with Crippen molar-refractivity contribution in [1.29, 1.82) is 0 Å². The van der Waals surface area contributed by atoms with Gasteiger partial charge >= 0.3 is 0 Å². The molecule has 1 aromatic heterocycles. The van der Waals surface area contributed by atoms with Crippen molar-refractivity contribution in [1.82, 2.24) is 20.4 Å². The molecule has 5 nitrogen and oxygen atoms in total. The Morgan fingerprint density at radius 3 is 2.77 bits per heavy atom. The summed E-state index contributed by atoms with van der Waals surface area (Å²) in [5, 5.41) is 12.6. The molecule has 0 bridgehead atoms. The van der Waals surface area contributed by atoms with Crippen molar-refractivity contribution >= 4 is 22.5 Å². The zero-order chi connectivity index (χ0) is 17.8. The van der Waals surface area contributed by atoms with E-state index in [0.29, 0.717) is 6.04 Å². The lowest BCUT2D eigenvalue weighted by molar-refractivity contribution is 0.0161. The summed E-state index contributed by atoms with van der Waals surface area (Å²) in [4.78, 5) is 2.48. The summed E-state index contributed by atoms with van der Waals surface area (Å²) in [7, 11) is 0. The number of rotatable bonds is 6. The molecule has 136 valence electrons. The van der Waals surface area contributed by atoms with Gasteiger partial charge in [-0.05, 0) is 29.3 Å². The van der Waals surface area contributed by atoms with E-state index in [-0.39, 0.29) is 0 Å². The van der Waals surface area contributed by atoms with Crippen molar-refractivity contribution in [2.45, 2.75) is 12.6 Å². The maximum absolute atomic E-state index is 6.07. The van der Waals surface area contributed by atoms with Crippen LogP contribution in [0.1, 0.15) is 17.2 Å². The number of hydrogen-bond donors (Lipinski definition) is 2. The van der Waals surface area contributed by atoms with Crippen LogP contribution in [0.3, 0.4) is 0 Å². The average molecular weight is 371 g/mol. The van der Waals surface area contributed by atoms with Gasteiger partial charge in [0.15, 0.2) is 0 Å². The fourth-order valence-corrected chi connectivity index (χ4v) is 3.61. The lowest BCUT2D eigenvalue weighted by Gasteiger charge is -2.35. The molecule has 26 heavy (non-hydrogen) atoms. The molecule has 3 aromatic rings. The molecule has 1 aliphatic heterocycles. The number of hydrogen-bond acceptors (Lipinski definition) is 4. The molecule has 6 heteroatoms. The van der Waals surface area contributed by atoms with Crippen molar-refractivity contribution in [3.05, 3.63) is 64.8 Å². The van der Waals surface area contributed by atoms with Gasteiger partial charge in [-0.1, -0.05) is 35.9 Å². The third-order valence-corrected chi connectivity index (χ3v) is 5.17. The van der Waals surface area contributed by atoms with Crippen LogP contribution in [0, 0.1) is 0 Å². The number of aromatic nitrogens is 2. The summed E-state index contributed by atoms with van der Waals surface area (Å²) < 4.78 is 5.52. The van der Waals surface area contributed by atoms with Crippen molar-refractivity contribution in [2.75, 3.05) is 32.8 Å². The van der Waals surface area contributed by atoms with Gasteiger partial charge in [-0.25, -0.2) is 0 Å². The third-order valence-electron chi connectivity index (χ3n) is 4.91. The first-order chi connectivity index (χ1) is 12.8. The molecule has 1 saturated heterocycles. The highest BCUT2D eigenvalue weighted by Gasteiger charge is 2.22. The Morgan fingerprint density at radius 1 is 1.15 bits per heavy atom. The number of nitrogens with zero attached hydrogens (tertiary/aromatic N) is 2. The van der Waals surface area contributed by atoms with E-state index < -0.39 is 0 Å². The Balaban J connectivity index is 1.44. The molecule has 2 N–H and O–H groups in total. The molecular formula is C20H23ClN4O. The molecular weight excluding hydrogens is 348 g/mol. The standard InChI is InChI=1S/C20H23ClN4O/c21-18-5-3-16(4-6-18)20(25-7-9-26-10-8-25)14-22-12-15-1-2-17-13-23-24-19(17)11-15/h1-6,11,13,20,22H,7-10,12,14H2,(H,23,24). The van der Waals surface area contributed by atoms with Crippen molar-refractivity contribution < 1.29 is 4.74 Å². The normalized spacial score (nSPS) is 16.8. The topological polar surface area (TPSA) is 53.2 Å². The van der Waals surface area contributed by atoms with Gasteiger partial charge < -0.3 is 10.1 Å². The zero-order valence-electron chi connectivity index (χ0n) is 14.6. The molecule has 4 rings (SSSR count). The van der Waals surface area contributed by atoms with Crippen LogP contribution < -0.4 is 5.32 Å². The predicted octanol–water partition coefficient (Wildman–Crippen LogP) is 3.38. The van der Waals surface area contributed by atoms with Gasteiger partial charge in [0.25, 0.3) is 0 Å². The molecule has 1 aliphatic rings. The second-order valence-corrected chi connectivity index (χ2v) is 7.07. The van der Waals surface area contributed by atoms with Crippen molar-refractivity contribution in [3.8, 4) is 0 Å². The summed E-state index contributed by atoms with van der Waals surface area (Å²) in [6.07, 6.45) is 1.85. The monoisotopic (exact) mass is 370 g/mol. The Hall–Kier alpha value is -1.92. The smallest absolute Gasteiger partial charge is 0.0653 e. The largest absolute Gasteiger partial charge is 0.379 e. The average Bonchev–Trinajstić information content (AvgIpc) is 3.15. The van der Waals surface area contributed by atoms with Crippen molar-refractivity contribution in [2.24, 2.45) is 0 Å². The van der Waals surface area contributed by atoms with Gasteiger partial charge in [-0.15, -0.1) is 0 Å². The Morgan fingerprint density at radius 2 is 1.96 bits per heavy atom. The van der Waals surface area contributed by atoms with Crippen LogP contribution in [-0.2, 0) is 11.3 Å². The maximum atomic E-state index is 6.07. The summed E-state index contributed by atoms with van der Waals surface area (Å²) in [6, 6.07) is 14.9. The van der Waals surface area contributed by atoms with Gasteiger partial charge in [0.2, 0.25) is 0 Å². The number of morpholine rings is 1. The minimum Gasteiger partial charge on any atom is -0.379 e. The Labute approximate surface area is 158 Å². The number of aromatic amines is 1. The van der Waals surface area contributed by atoms with Crippen LogP contribution in [-0.4, -0.2) is 47.9 Å². The van der Waals surface area contributed by atoms with Crippen LogP contribution in [0.4, 0.5) is 0 Å². The molecule has 0 amide bonds. The van der Waals surface area contributed by atoms with Gasteiger partial charge in [0.05, 0.1) is 24.9 Å². The van der Waals surface area contributed by atoms with Gasteiger partial charge in [-0.3, -0.25) is 10.00 Å². The lowest BCUT2D eigenvalue weighted by atomic mass is 10.0. The molecule has 0 saturated carbocycles. The second kappa shape index (κ2) is 8.18. The number of benzene rings is 2. The Bertz CT molecular complexity index is 842. The highest BCUT2D eigenvalue weighted by Crippen LogP contribution is 2.23. The first kappa shape index (κ1) is 17.5. The summed E-state index contributed by atoms with van der Waals surface area (Å²) in [5.74, 6) is 0. The number of fused-ring (bicyclic) bond motifs is 1. The molecule has 1 atom stereocenters. The third kappa shape index (κ3) is 4.07. The zero-order valence-corrected chi connectivity index (χ0v) is 15.4. The first-order valence-corrected chi connectivity index (χ1v) is 9.37. The molecule has 0 aliphatic carbocycles. The number of H-pyrrole nitrogens is 1. The van der Waals surface area contributed by atoms with E-state index >= 15 is 0 Å². The minimum absolute atomic E-state index is 0.312. The highest BCUT2D eigenvalue weighted by atomic mass is 35.5. The van der Waals surface area contributed by atoms with E-state index in [1.165, 1.54) is 11.1 Å². The molecule has 0 spiro atoms. The summed E-state index contributed by atoms with van der Waals surface area (Å²) in [6.45, 7) is 5.19. The van der Waals surface area contributed by atoms with E-state index in [2.05, 4.69) is 50.7 Å². The fraction of sp³-hybridized carbons (Fsp3) is 0.350. The molecule has 2 heterocycles. The molecule has 2 aromatic carbocycles. The summed E-state index contributed by atoms with van der Waals surface area (Å²) in [5.41, 5.74) is 3.61. The van der Waals surface area contributed by atoms with E-state index in [1.807, 2.05) is 18.3 Å². The van der Waals surface area contributed by atoms with E-state index in [0.717, 1.165) is 55.3 Å². The molecule has 0 radical (unpaired) electrons. The van der Waals surface area contributed by atoms with Crippen molar-refractivity contribution in [3.63, 3.8) is 0 Å². The number of ether oxygens (including phenoxy) is 1. The quantitative estimate of drug-likeness (QED) is 0.698. The van der Waals surface area contributed by atoms with Gasteiger partial charge in [-0.2, -0.15) is 5.10 Å². The summed E-state index contributed by atoms with van der Waals surface area (Å²) >= 11 is 6.07. The van der Waals surface area contributed by atoms with Gasteiger partial charge in [0.1, 0.15) is 0 Å². The van der Waals surface area contributed by atoms with E-state index in [9.17, 15) is 0 Å². The second-order valence-electron chi connectivity index (χ2n) is 6.64. The first-order valence-electron chi connectivity index (χ1n) is 8.99. The molecule has 1 fully saturated rings. The Kier molecular flexibility index (Phi) is 5.51. The SMILES string of the molecule is Clc1ccc(C(CNCc2ccc3cn[nH]c3c2)N2CCOCC2)cc1. The number of halogens is 1. The van der Waals surface area contributed by atoms with Crippen LogP contribution >= 0.6 is 11.6 Å². The fourth-order valence-electron chi connectivity index (χ4n) is 3.48. The minimum atomic E-state index is 0.312.